The van der Waals surface area contributed by atoms with Gasteiger partial charge in [-0.2, -0.15) is 0 Å². The Bertz CT molecular complexity index is 1410. The van der Waals surface area contributed by atoms with Gasteiger partial charge in [0.2, 0.25) is 0 Å². The van der Waals surface area contributed by atoms with Gasteiger partial charge in [0.05, 0.1) is 20.6 Å². The fraction of sp³-hybridized carbons (Fsp3) is 0.0833. The molecule has 1 N–H and O–H groups in total. The lowest BCUT2D eigenvalue weighted by molar-refractivity contribution is 0.102. The lowest BCUT2D eigenvalue weighted by Gasteiger charge is -2.13. The molecule has 3 aromatic carbocycles. The van der Waals surface area contributed by atoms with Gasteiger partial charge in [-0.1, -0.05) is 41.9 Å². The first-order valence-corrected chi connectivity index (χ1v) is 12.8. The Morgan fingerprint density at radius 3 is 2.41 bits per heavy atom. The summed E-state index contributed by atoms with van der Waals surface area (Å²) in [6.45, 7) is 1.92. The summed E-state index contributed by atoms with van der Waals surface area (Å²) in [7, 11) is -3.43. The van der Waals surface area contributed by atoms with Crippen LogP contribution in [0, 0.1) is 6.92 Å². The van der Waals surface area contributed by atoms with Crippen LogP contribution in [0.15, 0.2) is 77.0 Å². The maximum atomic E-state index is 13.2. The van der Waals surface area contributed by atoms with E-state index in [2.05, 4.69) is 10.3 Å². The van der Waals surface area contributed by atoms with Crippen molar-refractivity contribution >= 4 is 44.4 Å². The molecule has 0 saturated heterocycles. The van der Waals surface area contributed by atoms with E-state index in [4.69, 9.17) is 11.6 Å². The van der Waals surface area contributed by atoms with Crippen molar-refractivity contribution in [2.45, 2.75) is 11.8 Å². The minimum Gasteiger partial charge on any atom is -0.322 e. The summed E-state index contributed by atoms with van der Waals surface area (Å²) in [6.07, 6.45) is 1.15. The Labute approximate surface area is 195 Å². The number of anilines is 1. The third kappa shape index (κ3) is 4.75. The number of carbonyl (C=O) groups is 1. The Balaban J connectivity index is 1.73. The van der Waals surface area contributed by atoms with Crippen LogP contribution in [0.3, 0.4) is 0 Å². The van der Waals surface area contributed by atoms with E-state index in [1.807, 2.05) is 42.6 Å². The molecule has 0 aliphatic carbocycles. The number of sulfone groups is 1. The zero-order valence-corrected chi connectivity index (χ0v) is 19.7. The summed E-state index contributed by atoms with van der Waals surface area (Å²) in [4.78, 5) is 17.8. The molecule has 1 aromatic heterocycles. The van der Waals surface area contributed by atoms with E-state index in [1.165, 1.54) is 29.5 Å². The molecule has 0 fully saturated rings. The number of rotatable bonds is 5. The van der Waals surface area contributed by atoms with Crippen LogP contribution in [0.1, 0.15) is 15.4 Å². The lowest BCUT2D eigenvalue weighted by atomic mass is 9.99. The van der Waals surface area contributed by atoms with Gasteiger partial charge in [0.15, 0.2) is 9.84 Å². The number of benzene rings is 3. The van der Waals surface area contributed by atoms with Crippen molar-refractivity contribution in [1.29, 1.82) is 0 Å². The third-order valence-corrected chi connectivity index (χ3v) is 7.08. The summed E-state index contributed by atoms with van der Waals surface area (Å²) in [5.74, 6) is -0.355. The van der Waals surface area contributed by atoms with Crippen LogP contribution in [0.4, 0.5) is 5.69 Å². The molecule has 4 aromatic rings. The fourth-order valence-corrected chi connectivity index (χ4v) is 4.77. The maximum absolute atomic E-state index is 13.2. The Morgan fingerprint density at radius 2 is 1.75 bits per heavy atom. The first-order chi connectivity index (χ1) is 15.2. The minimum atomic E-state index is -3.43. The van der Waals surface area contributed by atoms with Crippen molar-refractivity contribution in [3.63, 3.8) is 0 Å². The van der Waals surface area contributed by atoms with Crippen molar-refractivity contribution in [3.05, 3.63) is 87.7 Å². The van der Waals surface area contributed by atoms with Gasteiger partial charge < -0.3 is 5.32 Å². The number of nitrogens with zero attached hydrogens (tertiary/aromatic N) is 1. The standard InChI is InChI=1S/C24H19ClN2O3S2/c1-15-26-23(14-31-15)21-12-17(8-11-22(21)25)27-24(28)19-10-9-18(32(2,29)30)13-20(19)16-6-4-3-5-7-16/h3-14H,1-2H3,(H,27,28). The van der Waals surface area contributed by atoms with Crippen molar-refractivity contribution in [2.24, 2.45) is 0 Å². The molecule has 0 unspecified atom stereocenters. The average Bonchev–Trinajstić information content (AvgIpc) is 3.20. The third-order valence-electron chi connectivity index (χ3n) is 4.87. The van der Waals surface area contributed by atoms with E-state index in [-0.39, 0.29) is 10.8 Å². The number of aryl methyl sites for hydroxylation is 1. The monoisotopic (exact) mass is 482 g/mol. The normalized spacial score (nSPS) is 11.3. The van der Waals surface area contributed by atoms with E-state index in [0.717, 1.165) is 28.1 Å². The van der Waals surface area contributed by atoms with E-state index < -0.39 is 9.84 Å². The highest BCUT2D eigenvalue weighted by molar-refractivity contribution is 7.90. The molecule has 8 heteroatoms. The van der Waals surface area contributed by atoms with Gasteiger partial charge in [0, 0.05) is 28.5 Å². The summed E-state index contributed by atoms with van der Waals surface area (Å²) in [5.41, 5.74) is 3.68. The van der Waals surface area contributed by atoms with Crippen LogP contribution in [-0.4, -0.2) is 25.6 Å². The Hall–Kier alpha value is -3.00. The largest absolute Gasteiger partial charge is 0.322 e. The second kappa shape index (κ2) is 8.86. The predicted octanol–water partition coefficient (Wildman–Crippen LogP) is 6.09. The molecule has 5 nitrogen and oxygen atoms in total. The number of halogens is 1. The zero-order valence-electron chi connectivity index (χ0n) is 17.3. The van der Waals surface area contributed by atoms with Gasteiger partial charge in [0.1, 0.15) is 0 Å². The van der Waals surface area contributed by atoms with E-state index in [9.17, 15) is 13.2 Å². The van der Waals surface area contributed by atoms with Gasteiger partial charge in [0.25, 0.3) is 5.91 Å². The number of nitrogens with one attached hydrogen (secondary N) is 1. The van der Waals surface area contributed by atoms with E-state index in [1.54, 1.807) is 18.2 Å². The molecule has 0 aliphatic rings. The summed E-state index contributed by atoms with van der Waals surface area (Å²) < 4.78 is 24.2. The minimum absolute atomic E-state index is 0.153. The number of hydrogen-bond acceptors (Lipinski definition) is 5. The van der Waals surface area contributed by atoms with Crippen LogP contribution in [0.5, 0.6) is 0 Å². The fourth-order valence-electron chi connectivity index (χ4n) is 3.29. The lowest BCUT2D eigenvalue weighted by Crippen LogP contribution is -2.14. The molecule has 1 amide bonds. The highest BCUT2D eigenvalue weighted by atomic mass is 35.5. The van der Waals surface area contributed by atoms with Gasteiger partial charge in [-0.05, 0) is 54.4 Å². The first-order valence-electron chi connectivity index (χ1n) is 9.65. The highest BCUT2D eigenvalue weighted by Gasteiger charge is 2.18. The topological polar surface area (TPSA) is 76.1 Å². The van der Waals surface area contributed by atoms with Crippen molar-refractivity contribution in [1.82, 2.24) is 4.98 Å². The number of hydrogen-bond donors (Lipinski definition) is 1. The number of thiazole rings is 1. The smallest absolute Gasteiger partial charge is 0.256 e. The zero-order chi connectivity index (χ0) is 22.9. The highest BCUT2D eigenvalue weighted by Crippen LogP contribution is 2.32. The Morgan fingerprint density at radius 1 is 1.00 bits per heavy atom. The first kappa shape index (κ1) is 22.2. The van der Waals surface area contributed by atoms with E-state index >= 15 is 0 Å². The summed E-state index contributed by atoms with van der Waals surface area (Å²) in [5, 5.41) is 6.27. The molecule has 0 atom stereocenters. The molecule has 0 spiro atoms. The molecule has 0 aliphatic heterocycles. The average molecular weight is 483 g/mol. The number of aromatic nitrogens is 1. The van der Waals surface area contributed by atoms with Crippen LogP contribution in [0.25, 0.3) is 22.4 Å². The van der Waals surface area contributed by atoms with Crippen LogP contribution < -0.4 is 5.32 Å². The SMILES string of the molecule is Cc1nc(-c2cc(NC(=O)c3ccc(S(C)(=O)=O)cc3-c3ccccc3)ccc2Cl)cs1. The second-order valence-corrected chi connectivity index (χ2v) is 10.7. The van der Waals surface area contributed by atoms with Gasteiger partial charge in [-0.25, -0.2) is 13.4 Å². The number of amides is 1. The predicted molar refractivity (Wildman–Crippen MR) is 130 cm³/mol. The molecular formula is C24H19ClN2O3S2. The maximum Gasteiger partial charge on any atom is 0.256 e. The summed E-state index contributed by atoms with van der Waals surface area (Å²) >= 11 is 7.88. The molecule has 4 rings (SSSR count). The summed E-state index contributed by atoms with van der Waals surface area (Å²) in [6, 6.07) is 18.9. The Kier molecular flexibility index (Phi) is 6.15. The van der Waals surface area contributed by atoms with Gasteiger partial charge in [-0.3, -0.25) is 4.79 Å². The van der Waals surface area contributed by atoms with Crippen molar-refractivity contribution in [3.8, 4) is 22.4 Å². The van der Waals surface area contributed by atoms with Gasteiger partial charge >= 0.3 is 0 Å². The van der Waals surface area contributed by atoms with E-state index in [0.29, 0.717) is 21.8 Å². The molecule has 0 saturated carbocycles. The molecule has 0 bridgehead atoms. The van der Waals surface area contributed by atoms with Crippen molar-refractivity contribution in [2.75, 3.05) is 11.6 Å². The van der Waals surface area contributed by atoms with Crippen LogP contribution in [0.2, 0.25) is 5.02 Å². The molecule has 162 valence electrons. The molecular weight excluding hydrogens is 464 g/mol. The van der Waals surface area contributed by atoms with Gasteiger partial charge in [-0.15, -0.1) is 11.3 Å². The quantitative estimate of drug-likeness (QED) is 0.373. The molecule has 32 heavy (non-hydrogen) atoms. The second-order valence-electron chi connectivity index (χ2n) is 7.25. The van der Waals surface area contributed by atoms with Crippen LogP contribution in [-0.2, 0) is 9.84 Å². The molecule has 1 heterocycles. The molecule has 0 radical (unpaired) electrons. The number of carbonyl (C=O) groups excluding carboxylic acids is 1. The van der Waals surface area contributed by atoms with Crippen molar-refractivity contribution < 1.29 is 13.2 Å². The van der Waals surface area contributed by atoms with Crippen LogP contribution >= 0.6 is 22.9 Å².